The van der Waals surface area contributed by atoms with Gasteiger partial charge in [-0.05, 0) is 49.6 Å². The zero-order chi connectivity index (χ0) is 21.1. The lowest BCUT2D eigenvalue weighted by atomic mass is 9.92. The number of hydrogen-bond acceptors (Lipinski definition) is 6. The summed E-state index contributed by atoms with van der Waals surface area (Å²) in [7, 11) is -3.77. The second-order valence-corrected chi connectivity index (χ2v) is 10.2. The zero-order valence-corrected chi connectivity index (χ0v) is 18.9. The Morgan fingerprint density at radius 1 is 1.20 bits per heavy atom. The molecule has 1 unspecified atom stereocenters. The zero-order valence-electron chi connectivity index (χ0n) is 16.5. The third kappa shape index (κ3) is 4.51. The fourth-order valence-corrected chi connectivity index (χ4v) is 6.13. The standard InChI is InChI=1S/C21H23ClN4O2S2/c1-15(26-12-6-5-9-20(26)16-7-3-2-4-8-16)18-11-10-17(13-19(18)22)30(27,28)25-21-23-14-24-29-21/h2-4,7-8,10-11,13-15,20H,5-6,9,12H2,1H3,(H,23,24,25)/t15?,20-/m0/s1. The Morgan fingerprint density at radius 3 is 2.70 bits per heavy atom. The van der Waals surface area contributed by atoms with E-state index in [2.05, 4.69) is 50.2 Å². The van der Waals surface area contributed by atoms with Gasteiger partial charge < -0.3 is 0 Å². The van der Waals surface area contributed by atoms with E-state index in [4.69, 9.17) is 11.6 Å². The minimum Gasteiger partial charge on any atom is -0.290 e. The summed E-state index contributed by atoms with van der Waals surface area (Å²) in [5, 5.41) is 0.669. The number of aromatic nitrogens is 2. The first-order valence-corrected chi connectivity index (χ1v) is 12.5. The molecule has 1 saturated heterocycles. The summed E-state index contributed by atoms with van der Waals surface area (Å²) in [5.74, 6) is 0. The van der Waals surface area contributed by atoms with Gasteiger partial charge >= 0.3 is 0 Å². The molecule has 0 spiro atoms. The monoisotopic (exact) mass is 462 g/mol. The highest BCUT2D eigenvalue weighted by Crippen LogP contribution is 2.39. The highest BCUT2D eigenvalue weighted by molar-refractivity contribution is 7.93. The van der Waals surface area contributed by atoms with Crippen LogP contribution in [0.4, 0.5) is 5.13 Å². The van der Waals surface area contributed by atoms with Crippen LogP contribution in [0.2, 0.25) is 5.02 Å². The fourth-order valence-electron chi connectivity index (χ4n) is 4.04. The van der Waals surface area contributed by atoms with Crippen molar-refractivity contribution in [2.24, 2.45) is 0 Å². The van der Waals surface area contributed by atoms with Gasteiger partial charge in [0, 0.05) is 28.6 Å². The molecule has 0 bridgehead atoms. The van der Waals surface area contributed by atoms with Crippen molar-refractivity contribution in [3.63, 3.8) is 0 Å². The summed E-state index contributed by atoms with van der Waals surface area (Å²) < 4.78 is 31.5. The van der Waals surface area contributed by atoms with E-state index in [9.17, 15) is 8.42 Å². The van der Waals surface area contributed by atoms with E-state index in [-0.39, 0.29) is 16.1 Å². The normalized spacial score (nSPS) is 18.8. The van der Waals surface area contributed by atoms with Gasteiger partial charge in [-0.1, -0.05) is 54.4 Å². The molecule has 1 N–H and O–H groups in total. The van der Waals surface area contributed by atoms with Crippen molar-refractivity contribution < 1.29 is 8.42 Å². The molecule has 3 aromatic rings. The van der Waals surface area contributed by atoms with Gasteiger partial charge in [0.15, 0.2) is 0 Å². The van der Waals surface area contributed by atoms with Crippen LogP contribution in [0.5, 0.6) is 0 Å². The Hall–Kier alpha value is -2.00. The van der Waals surface area contributed by atoms with Gasteiger partial charge in [-0.2, -0.15) is 4.37 Å². The Kier molecular flexibility index (Phi) is 6.38. The van der Waals surface area contributed by atoms with Gasteiger partial charge in [0.2, 0.25) is 5.13 Å². The fraction of sp³-hybridized carbons (Fsp3) is 0.333. The van der Waals surface area contributed by atoms with Gasteiger partial charge in [-0.3, -0.25) is 9.62 Å². The molecule has 1 fully saturated rings. The van der Waals surface area contributed by atoms with Crippen LogP contribution >= 0.6 is 23.1 Å². The van der Waals surface area contributed by atoms with Gasteiger partial charge in [0.1, 0.15) is 6.33 Å². The molecule has 2 atom stereocenters. The molecule has 0 radical (unpaired) electrons. The molecular formula is C21H23ClN4O2S2. The van der Waals surface area contributed by atoms with Crippen molar-refractivity contribution in [1.82, 2.24) is 14.3 Å². The number of anilines is 1. The summed E-state index contributed by atoms with van der Waals surface area (Å²) in [6.07, 6.45) is 4.75. The Labute approximate surface area is 186 Å². The minimum atomic E-state index is -3.77. The van der Waals surface area contributed by atoms with Gasteiger partial charge in [0.25, 0.3) is 10.0 Å². The minimum absolute atomic E-state index is 0.0656. The second-order valence-electron chi connectivity index (χ2n) is 7.37. The first kappa shape index (κ1) is 21.2. The number of piperidine rings is 1. The molecule has 1 aromatic heterocycles. The van der Waals surface area contributed by atoms with E-state index in [1.807, 2.05) is 12.1 Å². The molecule has 6 nitrogen and oxygen atoms in total. The van der Waals surface area contributed by atoms with E-state index >= 15 is 0 Å². The molecular weight excluding hydrogens is 440 g/mol. The third-order valence-electron chi connectivity index (χ3n) is 5.54. The molecule has 2 aromatic carbocycles. The highest BCUT2D eigenvalue weighted by atomic mass is 35.5. The van der Waals surface area contributed by atoms with E-state index in [1.54, 1.807) is 6.07 Å². The maximum absolute atomic E-state index is 12.6. The largest absolute Gasteiger partial charge is 0.290 e. The lowest BCUT2D eigenvalue weighted by molar-refractivity contribution is 0.103. The van der Waals surface area contributed by atoms with Crippen LogP contribution in [0, 0.1) is 0 Å². The average molecular weight is 463 g/mol. The summed E-state index contributed by atoms with van der Waals surface area (Å²) in [6, 6.07) is 15.8. The van der Waals surface area contributed by atoms with Gasteiger partial charge in [0.05, 0.1) is 4.90 Å². The summed E-state index contributed by atoms with van der Waals surface area (Å²) in [4.78, 5) is 6.45. The molecule has 0 aliphatic carbocycles. The number of rotatable bonds is 6. The molecule has 0 saturated carbocycles. The Bertz CT molecular complexity index is 1090. The van der Waals surface area contributed by atoms with Crippen molar-refractivity contribution in [3.05, 3.63) is 71.0 Å². The molecule has 9 heteroatoms. The molecule has 1 aliphatic heterocycles. The number of benzene rings is 2. The van der Waals surface area contributed by atoms with Crippen LogP contribution in [0.25, 0.3) is 0 Å². The van der Waals surface area contributed by atoms with Crippen LogP contribution in [0.1, 0.15) is 49.4 Å². The van der Waals surface area contributed by atoms with Crippen molar-refractivity contribution >= 4 is 38.3 Å². The van der Waals surface area contributed by atoms with Crippen molar-refractivity contribution in [1.29, 1.82) is 0 Å². The van der Waals surface area contributed by atoms with Gasteiger partial charge in [-0.15, -0.1) is 0 Å². The Morgan fingerprint density at radius 2 is 2.00 bits per heavy atom. The van der Waals surface area contributed by atoms with Crippen LogP contribution in [0.3, 0.4) is 0 Å². The first-order valence-electron chi connectivity index (χ1n) is 9.85. The molecule has 2 heterocycles. The van der Waals surface area contributed by atoms with Crippen LogP contribution in [0.15, 0.2) is 59.8 Å². The topological polar surface area (TPSA) is 75.2 Å². The van der Waals surface area contributed by atoms with E-state index < -0.39 is 10.0 Å². The van der Waals surface area contributed by atoms with Crippen molar-refractivity contribution in [3.8, 4) is 0 Å². The SMILES string of the molecule is CC(c1ccc(S(=O)(=O)Nc2ncns2)cc1Cl)N1CCCC[C@H]1c1ccccc1. The average Bonchev–Trinajstić information content (AvgIpc) is 3.26. The van der Waals surface area contributed by atoms with Gasteiger partial charge in [-0.25, -0.2) is 13.4 Å². The number of hydrogen-bond donors (Lipinski definition) is 1. The third-order valence-corrected chi connectivity index (χ3v) is 7.91. The van der Waals surface area contributed by atoms with Crippen molar-refractivity contribution in [2.75, 3.05) is 11.3 Å². The van der Waals surface area contributed by atoms with E-state index in [0.29, 0.717) is 11.1 Å². The van der Waals surface area contributed by atoms with Crippen LogP contribution in [-0.4, -0.2) is 29.2 Å². The quantitative estimate of drug-likeness (QED) is 0.539. The number of likely N-dealkylation sites (tertiary alicyclic amines) is 1. The van der Waals surface area contributed by atoms with Crippen LogP contribution in [-0.2, 0) is 10.0 Å². The Balaban J connectivity index is 1.59. The van der Waals surface area contributed by atoms with E-state index in [1.165, 1.54) is 24.4 Å². The lowest BCUT2D eigenvalue weighted by Gasteiger charge is -2.40. The maximum Gasteiger partial charge on any atom is 0.263 e. The first-order chi connectivity index (χ1) is 14.5. The lowest BCUT2D eigenvalue weighted by Crippen LogP contribution is -2.35. The van der Waals surface area contributed by atoms with Crippen LogP contribution < -0.4 is 4.72 Å². The predicted molar refractivity (Wildman–Crippen MR) is 120 cm³/mol. The molecule has 30 heavy (non-hydrogen) atoms. The maximum atomic E-state index is 12.6. The second kappa shape index (κ2) is 9.01. The number of nitrogens with zero attached hydrogens (tertiary/aromatic N) is 3. The van der Waals surface area contributed by atoms with E-state index in [0.717, 1.165) is 36.5 Å². The number of sulfonamides is 1. The van der Waals surface area contributed by atoms with Crippen molar-refractivity contribution in [2.45, 2.75) is 43.2 Å². The summed E-state index contributed by atoms with van der Waals surface area (Å²) in [5.41, 5.74) is 2.23. The predicted octanol–water partition coefficient (Wildman–Crippen LogP) is 5.28. The summed E-state index contributed by atoms with van der Waals surface area (Å²) >= 11 is 7.56. The molecule has 158 valence electrons. The molecule has 4 rings (SSSR count). The number of nitrogens with one attached hydrogen (secondary N) is 1. The highest BCUT2D eigenvalue weighted by Gasteiger charge is 2.30. The smallest absolute Gasteiger partial charge is 0.263 e. The summed E-state index contributed by atoms with van der Waals surface area (Å²) in [6.45, 7) is 3.12. The molecule has 0 amide bonds. The molecule has 1 aliphatic rings. The number of halogens is 1.